The number of likely N-dealkylation sites (N-methyl/N-ethyl adjacent to an activating group) is 1. The molecule has 0 saturated carbocycles. The van der Waals surface area contributed by atoms with Crippen molar-refractivity contribution in [3.8, 4) is 5.75 Å². The van der Waals surface area contributed by atoms with Crippen LogP contribution in [-0.4, -0.2) is 42.1 Å². The summed E-state index contributed by atoms with van der Waals surface area (Å²) in [4.78, 5) is 10.9. The molecule has 31 heavy (non-hydrogen) atoms. The Kier molecular flexibility index (Phi) is 7.84. The molecular weight excluding hydrogens is 388 g/mol. The summed E-state index contributed by atoms with van der Waals surface area (Å²) in [5.41, 5.74) is 4.03. The summed E-state index contributed by atoms with van der Waals surface area (Å²) in [5, 5.41) is 9.83. The van der Waals surface area contributed by atoms with Gasteiger partial charge >= 0.3 is 0 Å². The highest BCUT2D eigenvalue weighted by atomic mass is 16.5. The van der Waals surface area contributed by atoms with E-state index in [4.69, 9.17) is 4.74 Å². The Bertz CT molecular complexity index is 993. The lowest BCUT2D eigenvalue weighted by Gasteiger charge is -2.12. The van der Waals surface area contributed by atoms with Crippen LogP contribution >= 0.6 is 0 Å². The van der Waals surface area contributed by atoms with Crippen LogP contribution in [0.25, 0.3) is 0 Å². The summed E-state index contributed by atoms with van der Waals surface area (Å²) in [6, 6.07) is 9.58. The van der Waals surface area contributed by atoms with Crippen LogP contribution in [0.5, 0.6) is 5.75 Å². The third kappa shape index (κ3) is 7.31. The molecule has 0 unspecified atom stereocenters. The summed E-state index contributed by atoms with van der Waals surface area (Å²) in [6.45, 7) is 7.42. The van der Waals surface area contributed by atoms with Crippen LogP contribution in [0.3, 0.4) is 0 Å². The molecule has 2 aromatic rings. The fourth-order valence-corrected chi connectivity index (χ4v) is 2.85. The van der Waals surface area contributed by atoms with E-state index >= 15 is 0 Å². The van der Waals surface area contributed by atoms with Gasteiger partial charge in [0.25, 0.3) is 0 Å². The number of allylic oxidation sites excluding steroid dienone is 5. The van der Waals surface area contributed by atoms with Crippen molar-refractivity contribution in [1.82, 2.24) is 20.2 Å². The molecule has 2 heterocycles. The number of nitrogens with zero attached hydrogens (tertiary/aromatic N) is 3. The van der Waals surface area contributed by atoms with Crippen molar-refractivity contribution in [1.29, 1.82) is 0 Å². The standard InChI is InChI=1S/C24H30N6O/c1-5-19(11-12-20-10-9-18(2)26-20)27-23-13-14-25-24(29-23)28-21-7-6-8-22(17-21)31-16-15-30(3)4/h5-9,11-14,17,26H,1,10,15-16H2,2-4H3,(H2,25,27,28,29)/b19-11+,20-12+. The highest BCUT2D eigenvalue weighted by molar-refractivity contribution is 5.57. The van der Waals surface area contributed by atoms with Gasteiger partial charge in [-0.15, -0.1) is 0 Å². The van der Waals surface area contributed by atoms with Crippen molar-refractivity contribution in [2.24, 2.45) is 0 Å². The van der Waals surface area contributed by atoms with Crippen LogP contribution in [-0.2, 0) is 0 Å². The van der Waals surface area contributed by atoms with Gasteiger partial charge in [-0.3, -0.25) is 0 Å². The predicted octanol–water partition coefficient (Wildman–Crippen LogP) is 4.42. The maximum atomic E-state index is 5.79. The number of aromatic nitrogens is 2. The first-order chi connectivity index (χ1) is 15.0. The van der Waals surface area contributed by atoms with Gasteiger partial charge in [0.15, 0.2) is 0 Å². The first kappa shape index (κ1) is 22.1. The number of ether oxygens (including phenoxy) is 1. The second kappa shape index (κ2) is 11.0. The minimum Gasteiger partial charge on any atom is -0.492 e. The van der Waals surface area contributed by atoms with E-state index in [0.29, 0.717) is 18.4 Å². The van der Waals surface area contributed by atoms with Crippen LogP contribution < -0.4 is 20.7 Å². The second-order valence-electron chi connectivity index (χ2n) is 7.43. The Morgan fingerprint density at radius 3 is 2.94 bits per heavy atom. The van der Waals surface area contributed by atoms with Crippen LogP contribution in [0.4, 0.5) is 17.5 Å². The molecule has 0 atom stereocenters. The third-order valence-electron chi connectivity index (χ3n) is 4.50. The second-order valence-corrected chi connectivity index (χ2v) is 7.43. The number of hydrogen-bond donors (Lipinski definition) is 3. The van der Waals surface area contributed by atoms with Crippen molar-refractivity contribution < 1.29 is 4.74 Å². The number of rotatable bonds is 10. The zero-order valence-corrected chi connectivity index (χ0v) is 18.4. The van der Waals surface area contributed by atoms with Gasteiger partial charge in [-0.2, -0.15) is 4.98 Å². The average Bonchev–Trinajstić information content (AvgIpc) is 3.16. The molecule has 3 N–H and O–H groups in total. The summed E-state index contributed by atoms with van der Waals surface area (Å²) >= 11 is 0. The smallest absolute Gasteiger partial charge is 0.229 e. The summed E-state index contributed by atoms with van der Waals surface area (Å²) in [6.07, 6.45) is 10.6. The highest BCUT2D eigenvalue weighted by Gasteiger charge is 2.05. The lowest BCUT2D eigenvalue weighted by Crippen LogP contribution is -2.19. The molecule has 1 aliphatic rings. The fourth-order valence-electron chi connectivity index (χ4n) is 2.85. The van der Waals surface area contributed by atoms with E-state index in [1.54, 1.807) is 12.3 Å². The van der Waals surface area contributed by atoms with E-state index in [-0.39, 0.29) is 0 Å². The van der Waals surface area contributed by atoms with Crippen LogP contribution in [0, 0.1) is 0 Å². The Labute approximate surface area is 184 Å². The minimum atomic E-state index is 0.495. The molecule has 3 rings (SSSR count). The van der Waals surface area contributed by atoms with Gasteiger partial charge in [0.1, 0.15) is 18.2 Å². The zero-order valence-electron chi connectivity index (χ0n) is 18.4. The van der Waals surface area contributed by atoms with E-state index < -0.39 is 0 Å². The molecule has 1 aromatic heterocycles. The van der Waals surface area contributed by atoms with E-state index in [9.17, 15) is 0 Å². The van der Waals surface area contributed by atoms with Gasteiger partial charge in [-0.25, -0.2) is 4.98 Å². The van der Waals surface area contributed by atoms with Crippen LogP contribution in [0.1, 0.15) is 13.3 Å². The Balaban J connectivity index is 1.63. The number of benzene rings is 1. The molecule has 0 bridgehead atoms. The monoisotopic (exact) mass is 418 g/mol. The van der Waals surface area contributed by atoms with Crippen molar-refractivity contribution in [3.63, 3.8) is 0 Å². The lowest BCUT2D eigenvalue weighted by atomic mass is 10.3. The molecule has 7 heteroatoms. The largest absolute Gasteiger partial charge is 0.492 e. The van der Waals surface area contributed by atoms with Crippen LogP contribution in [0.15, 0.2) is 84.5 Å². The summed E-state index contributed by atoms with van der Waals surface area (Å²) in [7, 11) is 4.04. The maximum Gasteiger partial charge on any atom is 0.229 e. The first-order valence-electron chi connectivity index (χ1n) is 10.2. The molecule has 0 amide bonds. The topological polar surface area (TPSA) is 74.3 Å². The molecular formula is C24H30N6O. The summed E-state index contributed by atoms with van der Waals surface area (Å²) < 4.78 is 5.79. The molecule has 162 valence electrons. The number of nitrogens with one attached hydrogen (secondary N) is 3. The van der Waals surface area contributed by atoms with Crippen molar-refractivity contribution in [2.45, 2.75) is 13.3 Å². The van der Waals surface area contributed by atoms with E-state index in [1.165, 1.54) is 5.70 Å². The fraction of sp³-hybridized carbons (Fsp3) is 0.250. The molecule has 0 saturated heterocycles. The van der Waals surface area contributed by atoms with Gasteiger partial charge in [0.05, 0.1) is 0 Å². The average molecular weight is 419 g/mol. The quantitative estimate of drug-likeness (QED) is 0.493. The van der Waals surface area contributed by atoms with E-state index in [2.05, 4.69) is 50.4 Å². The first-order valence-corrected chi connectivity index (χ1v) is 10.2. The Morgan fingerprint density at radius 1 is 1.32 bits per heavy atom. The molecule has 1 aromatic carbocycles. The lowest BCUT2D eigenvalue weighted by molar-refractivity contribution is 0.261. The normalized spacial score (nSPS) is 14.9. The third-order valence-corrected chi connectivity index (χ3v) is 4.50. The number of hydrogen-bond acceptors (Lipinski definition) is 7. The van der Waals surface area contributed by atoms with Crippen molar-refractivity contribution >= 4 is 17.5 Å². The highest BCUT2D eigenvalue weighted by Crippen LogP contribution is 2.21. The molecule has 7 nitrogen and oxygen atoms in total. The van der Waals surface area contributed by atoms with Crippen molar-refractivity contribution in [2.75, 3.05) is 37.9 Å². The van der Waals surface area contributed by atoms with E-state index in [0.717, 1.165) is 35.8 Å². The molecule has 0 fully saturated rings. The van der Waals surface area contributed by atoms with Gasteiger partial charge in [0, 0.05) is 48.0 Å². The van der Waals surface area contributed by atoms with Gasteiger partial charge < -0.3 is 25.6 Å². The van der Waals surface area contributed by atoms with Gasteiger partial charge in [-0.05, 0) is 57.4 Å². The Hall–Kier alpha value is -3.58. The molecule has 0 radical (unpaired) electrons. The molecule has 0 spiro atoms. The zero-order chi connectivity index (χ0) is 22.1. The number of anilines is 3. The van der Waals surface area contributed by atoms with Crippen molar-refractivity contribution in [3.05, 3.63) is 84.5 Å². The van der Waals surface area contributed by atoms with Gasteiger partial charge in [-0.1, -0.05) is 18.7 Å². The van der Waals surface area contributed by atoms with Crippen LogP contribution in [0.2, 0.25) is 0 Å². The summed E-state index contributed by atoms with van der Waals surface area (Å²) in [5.74, 6) is 1.97. The van der Waals surface area contributed by atoms with E-state index in [1.807, 2.05) is 56.6 Å². The Morgan fingerprint density at radius 2 is 2.19 bits per heavy atom. The molecule has 0 aliphatic carbocycles. The maximum absolute atomic E-state index is 5.79. The SMILES string of the molecule is C=C/C(=C\C=C1/CC=C(C)N1)Nc1ccnc(Nc2cccc(OCCN(C)C)c2)n1. The van der Waals surface area contributed by atoms with Gasteiger partial charge in [0.2, 0.25) is 5.95 Å². The minimum absolute atomic E-state index is 0.495. The molecule has 1 aliphatic heterocycles. The predicted molar refractivity (Wildman–Crippen MR) is 127 cm³/mol.